The third kappa shape index (κ3) is 3.30. The average Bonchev–Trinajstić information content (AvgIpc) is 2.31. The largest absolute Gasteiger partial charge is 0.481 e. The Morgan fingerprint density at radius 1 is 1.42 bits per heavy atom. The Bertz CT molecular complexity index is 495. The highest BCUT2D eigenvalue weighted by Crippen LogP contribution is 2.43. The van der Waals surface area contributed by atoms with Gasteiger partial charge in [-0.1, -0.05) is 6.42 Å². The van der Waals surface area contributed by atoms with E-state index in [4.69, 9.17) is 5.11 Å². The molecule has 0 unspecified atom stereocenters. The summed E-state index contributed by atoms with van der Waals surface area (Å²) < 4.78 is 0. The number of carboxylic acid groups (broad SMARTS) is 1. The molecule has 1 heterocycles. The van der Waals surface area contributed by atoms with Crippen LogP contribution in [0.5, 0.6) is 0 Å². The number of carbonyl (C=O) groups is 2. The highest BCUT2D eigenvalue weighted by molar-refractivity contribution is 5.94. The van der Waals surface area contributed by atoms with Crippen molar-refractivity contribution >= 4 is 11.9 Å². The maximum atomic E-state index is 12.0. The van der Waals surface area contributed by atoms with Crippen molar-refractivity contribution in [1.29, 1.82) is 0 Å². The third-order valence-corrected chi connectivity index (χ3v) is 3.70. The highest BCUT2D eigenvalue weighted by atomic mass is 16.4. The van der Waals surface area contributed by atoms with Crippen LogP contribution in [0, 0.1) is 12.3 Å². The molecule has 0 spiro atoms. The first-order chi connectivity index (χ1) is 9.01. The van der Waals surface area contributed by atoms with E-state index >= 15 is 0 Å². The Labute approximate surface area is 112 Å². The van der Waals surface area contributed by atoms with Crippen molar-refractivity contribution in [3.8, 4) is 0 Å². The number of aliphatic carboxylic acids is 1. The van der Waals surface area contributed by atoms with Crippen LogP contribution >= 0.6 is 0 Å². The van der Waals surface area contributed by atoms with Crippen LogP contribution in [0.1, 0.15) is 41.6 Å². The van der Waals surface area contributed by atoms with Gasteiger partial charge in [0.15, 0.2) is 0 Å². The number of carbonyl (C=O) groups excluding carboxylic acids is 1. The van der Waals surface area contributed by atoms with Gasteiger partial charge in [0, 0.05) is 18.9 Å². The van der Waals surface area contributed by atoms with Crippen LogP contribution in [-0.2, 0) is 4.79 Å². The number of nitrogens with one attached hydrogen (secondary N) is 1. The summed E-state index contributed by atoms with van der Waals surface area (Å²) in [6, 6.07) is 1.77. The lowest BCUT2D eigenvalue weighted by Crippen LogP contribution is -2.43. The van der Waals surface area contributed by atoms with Crippen molar-refractivity contribution in [2.24, 2.45) is 5.41 Å². The van der Waals surface area contributed by atoms with Gasteiger partial charge in [-0.05, 0) is 36.8 Å². The zero-order valence-electron chi connectivity index (χ0n) is 11.0. The lowest BCUT2D eigenvalue weighted by Gasteiger charge is -2.40. The van der Waals surface area contributed by atoms with Crippen LogP contribution in [0.3, 0.4) is 0 Å². The van der Waals surface area contributed by atoms with Crippen LogP contribution in [0.25, 0.3) is 0 Å². The van der Waals surface area contributed by atoms with Crippen LogP contribution < -0.4 is 5.32 Å². The average molecular weight is 262 g/mol. The van der Waals surface area contributed by atoms with Gasteiger partial charge in [-0.2, -0.15) is 0 Å². The molecule has 1 fully saturated rings. The normalized spacial score (nSPS) is 16.5. The van der Waals surface area contributed by atoms with Crippen molar-refractivity contribution in [2.45, 2.75) is 32.6 Å². The number of pyridine rings is 1. The number of nitrogens with zero attached hydrogens (tertiary/aromatic N) is 1. The van der Waals surface area contributed by atoms with E-state index in [0.717, 1.165) is 24.8 Å². The van der Waals surface area contributed by atoms with E-state index in [-0.39, 0.29) is 17.7 Å². The molecule has 0 saturated heterocycles. The summed E-state index contributed by atoms with van der Waals surface area (Å²) in [7, 11) is 0. The summed E-state index contributed by atoms with van der Waals surface area (Å²) >= 11 is 0. The van der Waals surface area contributed by atoms with E-state index in [2.05, 4.69) is 10.3 Å². The van der Waals surface area contributed by atoms with Gasteiger partial charge in [0.25, 0.3) is 5.91 Å². The van der Waals surface area contributed by atoms with Crippen LogP contribution in [-0.4, -0.2) is 28.5 Å². The number of aryl methyl sites for hydroxylation is 1. The Morgan fingerprint density at radius 2 is 2.16 bits per heavy atom. The minimum atomic E-state index is -0.800. The fourth-order valence-electron chi connectivity index (χ4n) is 2.46. The summed E-state index contributed by atoms with van der Waals surface area (Å²) in [4.78, 5) is 26.8. The molecule has 1 amide bonds. The van der Waals surface area contributed by atoms with Gasteiger partial charge in [0.2, 0.25) is 0 Å². The molecule has 5 heteroatoms. The Morgan fingerprint density at radius 3 is 2.68 bits per heavy atom. The van der Waals surface area contributed by atoms with E-state index < -0.39 is 5.97 Å². The van der Waals surface area contributed by atoms with E-state index in [0.29, 0.717) is 12.1 Å². The lowest BCUT2D eigenvalue weighted by molar-refractivity contribution is -0.141. The maximum Gasteiger partial charge on any atom is 0.303 e. The molecule has 1 aromatic rings. The van der Waals surface area contributed by atoms with Crippen molar-refractivity contribution in [3.63, 3.8) is 0 Å². The molecule has 1 aromatic heterocycles. The Kier molecular flexibility index (Phi) is 3.83. The van der Waals surface area contributed by atoms with Crippen LogP contribution in [0.4, 0.5) is 0 Å². The summed E-state index contributed by atoms with van der Waals surface area (Å²) in [5.41, 5.74) is 1.19. The number of rotatable bonds is 5. The molecule has 2 N–H and O–H groups in total. The van der Waals surface area contributed by atoms with Crippen molar-refractivity contribution in [1.82, 2.24) is 10.3 Å². The number of hydrogen-bond acceptors (Lipinski definition) is 3. The summed E-state index contributed by atoms with van der Waals surface area (Å²) in [6.07, 6.45) is 6.10. The fourth-order valence-corrected chi connectivity index (χ4v) is 2.46. The zero-order chi connectivity index (χ0) is 13.9. The molecule has 5 nitrogen and oxygen atoms in total. The first-order valence-corrected chi connectivity index (χ1v) is 6.42. The predicted molar refractivity (Wildman–Crippen MR) is 69.8 cm³/mol. The fraction of sp³-hybridized carbons (Fsp3) is 0.500. The molecule has 19 heavy (non-hydrogen) atoms. The van der Waals surface area contributed by atoms with Gasteiger partial charge in [-0.15, -0.1) is 0 Å². The summed E-state index contributed by atoms with van der Waals surface area (Å²) in [6.45, 7) is 2.30. The number of carboxylic acids is 1. The molecular formula is C14H18N2O3. The van der Waals surface area contributed by atoms with E-state index in [1.807, 2.05) is 6.92 Å². The molecule has 1 aliphatic rings. The van der Waals surface area contributed by atoms with E-state index in [1.54, 1.807) is 12.3 Å². The van der Waals surface area contributed by atoms with Gasteiger partial charge in [0.05, 0.1) is 12.0 Å². The SMILES string of the molecule is Cc1cncc(C(=O)NCC2(CC(=O)O)CCC2)c1. The molecule has 1 aliphatic carbocycles. The topological polar surface area (TPSA) is 79.3 Å². The molecule has 2 rings (SSSR count). The lowest BCUT2D eigenvalue weighted by atomic mass is 9.66. The summed E-state index contributed by atoms with van der Waals surface area (Å²) in [5, 5.41) is 11.7. The van der Waals surface area contributed by atoms with Crippen LogP contribution in [0.2, 0.25) is 0 Å². The molecule has 0 aromatic carbocycles. The smallest absolute Gasteiger partial charge is 0.303 e. The minimum absolute atomic E-state index is 0.124. The second-order valence-corrected chi connectivity index (χ2v) is 5.36. The Hall–Kier alpha value is -1.91. The molecule has 102 valence electrons. The number of aromatic nitrogens is 1. The van der Waals surface area contributed by atoms with Gasteiger partial charge in [-0.25, -0.2) is 0 Å². The molecular weight excluding hydrogens is 244 g/mol. The zero-order valence-corrected chi connectivity index (χ0v) is 11.0. The Balaban J connectivity index is 1.94. The number of hydrogen-bond donors (Lipinski definition) is 2. The molecule has 0 bridgehead atoms. The van der Waals surface area contributed by atoms with Gasteiger partial charge >= 0.3 is 5.97 Å². The number of amides is 1. The minimum Gasteiger partial charge on any atom is -0.481 e. The first-order valence-electron chi connectivity index (χ1n) is 6.42. The second-order valence-electron chi connectivity index (χ2n) is 5.36. The van der Waals surface area contributed by atoms with Crippen LogP contribution in [0.15, 0.2) is 18.5 Å². The van der Waals surface area contributed by atoms with E-state index in [1.165, 1.54) is 6.20 Å². The second kappa shape index (κ2) is 5.38. The molecule has 0 radical (unpaired) electrons. The predicted octanol–water partition coefficient (Wildman–Crippen LogP) is 1.76. The molecule has 0 aliphatic heterocycles. The van der Waals surface area contributed by atoms with Gasteiger partial charge < -0.3 is 10.4 Å². The van der Waals surface area contributed by atoms with E-state index in [9.17, 15) is 9.59 Å². The highest BCUT2D eigenvalue weighted by Gasteiger charge is 2.39. The first kappa shape index (κ1) is 13.5. The van der Waals surface area contributed by atoms with Crippen molar-refractivity contribution in [2.75, 3.05) is 6.54 Å². The molecule has 0 atom stereocenters. The molecule has 1 saturated carbocycles. The third-order valence-electron chi connectivity index (χ3n) is 3.70. The maximum absolute atomic E-state index is 12.0. The quantitative estimate of drug-likeness (QED) is 0.847. The van der Waals surface area contributed by atoms with Gasteiger partial charge in [0.1, 0.15) is 0 Å². The monoisotopic (exact) mass is 262 g/mol. The summed E-state index contributed by atoms with van der Waals surface area (Å²) in [5.74, 6) is -0.987. The van der Waals surface area contributed by atoms with Crippen molar-refractivity contribution in [3.05, 3.63) is 29.6 Å². The van der Waals surface area contributed by atoms with Crippen molar-refractivity contribution < 1.29 is 14.7 Å². The standard InChI is InChI=1S/C14H18N2O3/c1-10-5-11(8-15-7-10)13(19)16-9-14(3-2-4-14)6-12(17)18/h5,7-8H,2-4,6,9H2,1H3,(H,16,19)(H,17,18). The van der Waals surface area contributed by atoms with Gasteiger partial charge in [-0.3, -0.25) is 14.6 Å².